The number of benzene rings is 1. The molecule has 0 saturated heterocycles. The van der Waals surface area contributed by atoms with E-state index in [0.717, 1.165) is 5.69 Å². The fourth-order valence-corrected chi connectivity index (χ4v) is 2.85. The molecule has 3 rings (SSSR count). The van der Waals surface area contributed by atoms with Crippen LogP contribution in [0.4, 0.5) is 10.5 Å². The van der Waals surface area contributed by atoms with Gasteiger partial charge in [0.1, 0.15) is 5.75 Å². The molecule has 1 aliphatic rings. The number of amides is 2. The first-order chi connectivity index (χ1) is 11.5. The minimum Gasteiger partial charge on any atom is -0.497 e. The largest absolute Gasteiger partial charge is 0.497 e. The Balaban J connectivity index is 1.77. The number of nitrogens with one attached hydrogen (secondary N) is 1. The molecule has 8 nitrogen and oxygen atoms in total. The number of rotatable bonds is 3. The Kier molecular flexibility index (Phi) is 4.11. The normalized spacial score (nSPS) is 13.3. The van der Waals surface area contributed by atoms with Crippen LogP contribution in [-0.4, -0.2) is 45.4 Å². The Labute approximate surface area is 138 Å². The molecule has 126 valence electrons. The van der Waals surface area contributed by atoms with E-state index in [4.69, 9.17) is 4.74 Å². The number of methoxy groups -OCH3 is 1. The topological polar surface area (TPSA) is 96.7 Å². The number of anilines is 1. The van der Waals surface area contributed by atoms with Gasteiger partial charge in [0, 0.05) is 37.3 Å². The molecule has 2 amide bonds. The summed E-state index contributed by atoms with van der Waals surface area (Å²) >= 11 is 0. The van der Waals surface area contributed by atoms with E-state index in [1.807, 2.05) is 0 Å². The number of hydrogen-bond acceptors (Lipinski definition) is 4. The average Bonchev–Trinajstić information content (AvgIpc) is 2.89. The first kappa shape index (κ1) is 15.9. The second-order valence-electron chi connectivity index (χ2n) is 5.54. The van der Waals surface area contributed by atoms with Crippen molar-refractivity contribution in [3.63, 3.8) is 0 Å². The monoisotopic (exact) mass is 330 g/mol. The molecule has 8 heteroatoms. The van der Waals surface area contributed by atoms with Crippen LogP contribution in [0.3, 0.4) is 0 Å². The lowest BCUT2D eigenvalue weighted by Crippen LogP contribution is -2.39. The molecule has 0 aliphatic carbocycles. The van der Waals surface area contributed by atoms with Gasteiger partial charge in [0.15, 0.2) is 5.69 Å². The molecule has 0 radical (unpaired) electrons. The van der Waals surface area contributed by atoms with Crippen LogP contribution in [0.25, 0.3) is 0 Å². The maximum atomic E-state index is 12.5. The van der Waals surface area contributed by atoms with E-state index in [2.05, 4.69) is 10.4 Å². The molecule has 0 fully saturated rings. The lowest BCUT2D eigenvalue weighted by molar-refractivity contribution is 0.0682. The van der Waals surface area contributed by atoms with Gasteiger partial charge >= 0.3 is 12.0 Å². The average molecular weight is 330 g/mol. The Morgan fingerprint density at radius 3 is 2.88 bits per heavy atom. The molecule has 0 spiro atoms. The Morgan fingerprint density at radius 1 is 1.38 bits per heavy atom. The summed E-state index contributed by atoms with van der Waals surface area (Å²) in [4.78, 5) is 25.4. The van der Waals surface area contributed by atoms with Gasteiger partial charge in [-0.05, 0) is 12.1 Å². The molecule has 0 bridgehead atoms. The molecule has 1 aromatic carbocycles. The minimum absolute atomic E-state index is 0.129. The first-order valence-electron chi connectivity index (χ1n) is 7.47. The van der Waals surface area contributed by atoms with Crippen molar-refractivity contribution in [2.24, 2.45) is 7.05 Å². The van der Waals surface area contributed by atoms with Crippen molar-refractivity contribution in [2.45, 2.75) is 13.0 Å². The molecule has 1 aliphatic heterocycles. The van der Waals surface area contributed by atoms with Gasteiger partial charge in [0.2, 0.25) is 0 Å². The zero-order valence-electron chi connectivity index (χ0n) is 13.4. The zero-order valence-corrected chi connectivity index (χ0v) is 13.4. The van der Waals surface area contributed by atoms with Gasteiger partial charge in [-0.3, -0.25) is 4.68 Å². The second kappa shape index (κ2) is 6.23. The zero-order chi connectivity index (χ0) is 17.3. The van der Waals surface area contributed by atoms with E-state index in [-0.39, 0.29) is 18.3 Å². The van der Waals surface area contributed by atoms with Crippen molar-refractivity contribution in [1.29, 1.82) is 0 Å². The summed E-state index contributed by atoms with van der Waals surface area (Å²) < 4.78 is 6.49. The number of aromatic carboxylic acids is 1. The maximum absolute atomic E-state index is 12.5. The lowest BCUT2D eigenvalue weighted by atomic mass is 10.1. The van der Waals surface area contributed by atoms with Crippen molar-refractivity contribution in [2.75, 3.05) is 19.0 Å². The van der Waals surface area contributed by atoms with Crippen molar-refractivity contribution in [3.05, 3.63) is 41.2 Å². The summed E-state index contributed by atoms with van der Waals surface area (Å²) in [6.45, 7) is 0.708. The van der Waals surface area contributed by atoms with Gasteiger partial charge in [-0.25, -0.2) is 9.59 Å². The third-order valence-corrected chi connectivity index (χ3v) is 4.01. The Bertz CT molecular complexity index is 799. The second-order valence-corrected chi connectivity index (χ2v) is 5.54. The van der Waals surface area contributed by atoms with Crippen LogP contribution in [0, 0.1) is 0 Å². The van der Waals surface area contributed by atoms with Crippen LogP contribution in [0.1, 0.15) is 21.7 Å². The molecule has 0 unspecified atom stereocenters. The highest BCUT2D eigenvalue weighted by atomic mass is 16.5. The van der Waals surface area contributed by atoms with E-state index in [9.17, 15) is 14.7 Å². The number of aromatic nitrogens is 2. The minimum atomic E-state index is -1.04. The van der Waals surface area contributed by atoms with Gasteiger partial charge in [-0.2, -0.15) is 5.10 Å². The van der Waals surface area contributed by atoms with E-state index in [1.165, 1.54) is 4.68 Å². The lowest BCUT2D eigenvalue weighted by Gasteiger charge is -2.26. The van der Waals surface area contributed by atoms with Gasteiger partial charge in [-0.1, -0.05) is 6.07 Å². The number of fused-ring (bicyclic) bond motifs is 1. The predicted octanol–water partition coefficient (Wildman–Crippen LogP) is 1.72. The smallest absolute Gasteiger partial charge is 0.354 e. The summed E-state index contributed by atoms with van der Waals surface area (Å²) in [6.07, 6.45) is 0.530. The molecular formula is C16H18N4O4. The highest BCUT2D eigenvalue weighted by Gasteiger charge is 2.29. The highest BCUT2D eigenvalue weighted by molar-refractivity contribution is 5.91. The summed E-state index contributed by atoms with van der Waals surface area (Å²) in [5.41, 5.74) is 2.08. The van der Waals surface area contributed by atoms with Crippen molar-refractivity contribution >= 4 is 17.7 Å². The number of carboxylic acids is 1. The van der Waals surface area contributed by atoms with Crippen LogP contribution in [-0.2, 0) is 20.0 Å². The molecule has 0 saturated carbocycles. The third-order valence-electron chi connectivity index (χ3n) is 4.01. The molecule has 2 N–H and O–H groups in total. The van der Waals surface area contributed by atoms with Crippen molar-refractivity contribution < 1.29 is 19.4 Å². The van der Waals surface area contributed by atoms with Crippen LogP contribution < -0.4 is 10.1 Å². The number of ether oxygens (including phenoxy) is 1. The Morgan fingerprint density at radius 2 is 2.17 bits per heavy atom. The van der Waals surface area contributed by atoms with Crippen molar-refractivity contribution in [1.82, 2.24) is 14.7 Å². The molecule has 2 aromatic rings. The van der Waals surface area contributed by atoms with Crippen molar-refractivity contribution in [3.8, 4) is 5.75 Å². The van der Waals surface area contributed by atoms with E-state index < -0.39 is 5.97 Å². The van der Waals surface area contributed by atoms with Crippen LogP contribution in [0.2, 0.25) is 0 Å². The van der Waals surface area contributed by atoms with E-state index in [1.54, 1.807) is 43.3 Å². The number of carbonyl (C=O) groups excluding carboxylic acids is 1. The van der Waals surface area contributed by atoms with Crippen LogP contribution in [0.5, 0.6) is 5.75 Å². The third kappa shape index (κ3) is 2.90. The number of carbonyl (C=O) groups is 2. The molecule has 2 heterocycles. The number of nitrogens with zero attached hydrogens (tertiary/aromatic N) is 3. The highest BCUT2D eigenvalue weighted by Crippen LogP contribution is 2.23. The van der Waals surface area contributed by atoms with Gasteiger partial charge in [0.25, 0.3) is 0 Å². The number of aryl methyl sites for hydroxylation is 1. The number of urea groups is 1. The summed E-state index contributed by atoms with van der Waals surface area (Å²) in [7, 11) is 3.16. The first-order valence-corrected chi connectivity index (χ1v) is 7.47. The van der Waals surface area contributed by atoms with Gasteiger partial charge in [-0.15, -0.1) is 0 Å². The van der Waals surface area contributed by atoms with Crippen LogP contribution in [0.15, 0.2) is 24.3 Å². The quantitative estimate of drug-likeness (QED) is 0.893. The van der Waals surface area contributed by atoms with Gasteiger partial charge in [0.05, 0.1) is 19.3 Å². The van der Waals surface area contributed by atoms with Crippen LogP contribution >= 0.6 is 0 Å². The van der Waals surface area contributed by atoms with Gasteiger partial charge < -0.3 is 20.1 Å². The number of carboxylic acid groups (broad SMARTS) is 1. The fraction of sp³-hybridized carbons (Fsp3) is 0.312. The summed E-state index contributed by atoms with van der Waals surface area (Å²) in [6, 6.07) is 6.78. The molecular weight excluding hydrogens is 312 g/mol. The molecule has 1 aromatic heterocycles. The number of hydrogen-bond donors (Lipinski definition) is 2. The molecule has 0 atom stereocenters. The van der Waals surface area contributed by atoms with E-state index in [0.29, 0.717) is 30.0 Å². The fourth-order valence-electron chi connectivity index (χ4n) is 2.85. The summed E-state index contributed by atoms with van der Waals surface area (Å²) in [5.74, 6) is -0.393. The molecule has 24 heavy (non-hydrogen) atoms. The standard InChI is InChI=1S/C16H18N4O4/c1-19-14(15(21)22)12-9-20(7-6-13(12)18-19)16(23)17-10-4-3-5-11(8-10)24-2/h3-5,8H,6-7,9H2,1-2H3,(H,17,23)(H,21,22). The summed E-state index contributed by atoms with van der Waals surface area (Å²) in [5, 5.41) is 16.4. The maximum Gasteiger partial charge on any atom is 0.354 e. The van der Waals surface area contributed by atoms with E-state index >= 15 is 0 Å². The predicted molar refractivity (Wildman–Crippen MR) is 86.3 cm³/mol. The Hall–Kier alpha value is -3.03. The SMILES string of the molecule is COc1cccc(NC(=O)N2CCc3nn(C)c(C(=O)O)c3C2)c1.